The van der Waals surface area contributed by atoms with Crippen LogP contribution in [-0.2, 0) is 19.6 Å². The van der Waals surface area contributed by atoms with Gasteiger partial charge in [0.2, 0.25) is 10.0 Å². The lowest BCUT2D eigenvalue weighted by Crippen LogP contribution is -2.50. The number of carbonyl (C=O) groups excluding carboxylic acids is 1. The van der Waals surface area contributed by atoms with Gasteiger partial charge in [0.15, 0.2) is 6.10 Å². The number of carbonyl (C=O) groups is 1. The fourth-order valence-electron chi connectivity index (χ4n) is 3.55. The number of nitrogens with zero attached hydrogens (tertiary/aromatic N) is 1. The van der Waals surface area contributed by atoms with Crippen molar-refractivity contribution in [2.75, 3.05) is 25.4 Å². The van der Waals surface area contributed by atoms with Crippen LogP contribution in [0.3, 0.4) is 0 Å². The van der Waals surface area contributed by atoms with E-state index in [4.69, 9.17) is 9.47 Å². The second-order valence-corrected chi connectivity index (χ2v) is 9.92. The largest absolute Gasteiger partial charge is 0.481 e. The van der Waals surface area contributed by atoms with Gasteiger partial charge >= 0.3 is 0 Å². The SMILES string of the molecule is C[C@@H]1CN(S(=O)(=O)CCNC(=O)[C@H](C)Oc2ccc(-c3ccccc3)cc2)C[C@@H](C)O1. The van der Waals surface area contributed by atoms with Crippen molar-refractivity contribution in [2.45, 2.75) is 39.1 Å². The number of hydrogen-bond acceptors (Lipinski definition) is 5. The lowest BCUT2D eigenvalue weighted by molar-refractivity contribution is -0.127. The van der Waals surface area contributed by atoms with Gasteiger partial charge in [0.25, 0.3) is 5.91 Å². The minimum atomic E-state index is -3.46. The Morgan fingerprint density at radius 2 is 1.65 bits per heavy atom. The molecule has 3 atom stereocenters. The highest BCUT2D eigenvalue weighted by molar-refractivity contribution is 7.89. The zero-order valence-electron chi connectivity index (χ0n) is 18.2. The smallest absolute Gasteiger partial charge is 0.260 e. The maximum atomic E-state index is 12.6. The van der Waals surface area contributed by atoms with Crippen molar-refractivity contribution in [1.82, 2.24) is 9.62 Å². The lowest BCUT2D eigenvalue weighted by Gasteiger charge is -2.34. The van der Waals surface area contributed by atoms with E-state index in [9.17, 15) is 13.2 Å². The summed E-state index contributed by atoms with van der Waals surface area (Å²) in [5, 5.41) is 2.66. The van der Waals surface area contributed by atoms with Gasteiger partial charge in [-0.15, -0.1) is 0 Å². The second kappa shape index (κ2) is 10.3. The summed E-state index contributed by atoms with van der Waals surface area (Å²) in [6.45, 7) is 6.04. The molecular weight excluding hydrogens is 416 g/mol. The summed E-state index contributed by atoms with van der Waals surface area (Å²) in [6, 6.07) is 17.5. The summed E-state index contributed by atoms with van der Waals surface area (Å²) in [6.07, 6.45) is -1.03. The van der Waals surface area contributed by atoms with Crippen LogP contribution in [0, 0.1) is 0 Å². The molecule has 0 saturated carbocycles. The summed E-state index contributed by atoms with van der Waals surface area (Å²) in [5.74, 6) is 0.0636. The van der Waals surface area contributed by atoms with Crippen LogP contribution >= 0.6 is 0 Å². The van der Waals surface area contributed by atoms with Crippen LogP contribution in [0.1, 0.15) is 20.8 Å². The van der Waals surface area contributed by atoms with E-state index in [1.807, 2.05) is 68.4 Å². The molecule has 8 heteroatoms. The Labute approximate surface area is 184 Å². The van der Waals surface area contributed by atoms with Crippen molar-refractivity contribution in [2.24, 2.45) is 0 Å². The van der Waals surface area contributed by atoms with Crippen molar-refractivity contribution in [3.63, 3.8) is 0 Å². The van der Waals surface area contributed by atoms with Crippen LogP contribution in [0.25, 0.3) is 11.1 Å². The summed E-state index contributed by atoms with van der Waals surface area (Å²) in [4.78, 5) is 12.3. The molecule has 0 radical (unpaired) electrons. The topological polar surface area (TPSA) is 84.9 Å². The average molecular weight is 447 g/mol. The van der Waals surface area contributed by atoms with Crippen molar-refractivity contribution in [1.29, 1.82) is 0 Å². The number of benzene rings is 2. The van der Waals surface area contributed by atoms with Gasteiger partial charge in [-0.1, -0.05) is 42.5 Å². The Morgan fingerprint density at radius 1 is 1.06 bits per heavy atom. The van der Waals surface area contributed by atoms with E-state index in [1.54, 1.807) is 6.92 Å². The van der Waals surface area contributed by atoms with E-state index in [1.165, 1.54) is 4.31 Å². The minimum Gasteiger partial charge on any atom is -0.481 e. The van der Waals surface area contributed by atoms with E-state index in [2.05, 4.69) is 5.32 Å². The molecule has 1 amide bonds. The second-order valence-electron chi connectivity index (χ2n) is 7.83. The summed E-state index contributed by atoms with van der Waals surface area (Å²) >= 11 is 0. The van der Waals surface area contributed by atoms with E-state index < -0.39 is 16.1 Å². The number of ether oxygens (including phenoxy) is 2. The summed E-state index contributed by atoms with van der Waals surface area (Å²) < 4.78 is 37.8. The van der Waals surface area contributed by atoms with Crippen LogP contribution in [-0.4, -0.2) is 62.3 Å². The number of morpholine rings is 1. The fraction of sp³-hybridized carbons (Fsp3) is 0.435. The minimum absolute atomic E-state index is 0.0297. The predicted octanol–water partition coefficient (Wildman–Crippen LogP) is 2.68. The van der Waals surface area contributed by atoms with Gasteiger partial charge in [0, 0.05) is 19.6 Å². The lowest BCUT2D eigenvalue weighted by atomic mass is 10.1. The van der Waals surface area contributed by atoms with Crippen molar-refractivity contribution >= 4 is 15.9 Å². The fourth-order valence-corrected chi connectivity index (χ4v) is 5.04. The first-order valence-corrected chi connectivity index (χ1v) is 12.1. The molecule has 1 aliphatic rings. The zero-order valence-corrected chi connectivity index (χ0v) is 19.0. The Hall–Kier alpha value is -2.42. The monoisotopic (exact) mass is 446 g/mol. The number of rotatable bonds is 8. The molecule has 1 aliphatic heterocycles. The highest BCUT2D eigenvalue weighted by Gasteiger charge is 2.30. The van der Waals surface area contributed by atoms with Gasteiger partial charge in [-0.25, -0.2) is 8.42 Å². The van der Waals surface area contributed by atoms with Crippen LogP contribution < -0.4 is 10.1 Å². The molecule has 0 bridgehead atoms. The molecule has 0 aliphatic carbocycles. The summed E-state index contributed by atoms with van der Waals surface area (Å²) in [5.41, 5.74) is 2.16. The maximum Gasteiger partial charge on any atom is 0.260 e. The third-order valence-electron chi connectivity index (χ3n) is 5.08. The highest BCUT2D eigenvalue weighted by Crippen LogP contribution is 2.22. The molecule has 0 spiro atoms. The molecule has 1 heterocycles. The molecule has 0 unspecified atom stereocenters. The van der Waals surface area contributed by atoms with Gasteiger partial charge < -0.3 is 14.8 Å². The molecule has 0 aromatic heterocycles. The standard InChI is InChI=1S/C23H30N2O5S/c1-17-15-25(16-18(2)29-17)31(27,28)14-13-24-23(26)19(3)30-22-11-9-21(10-12-22)20-7-5-4-6-8-20/h4-12,17-19H,13-16H2,1-3H3,(H,24,26)/t17-,18-,19+/m1/s1. The maximum absolute atomic E-state index is 12.6. The van der Waals surface area contributed by atoms with E-state index >= 15 is 0 Å². The molecule has 2 aromatic carbocycles. The van der Waals surface area contributed by atoms with Crippen molar-refractivity contribution in [3.05, 3.63) is 54.6 Å². The van der Waals surface area contributed by atoms with Crippen LogP contribution in [0.15, 0.2) is 54.6 Å². The zero-order chi connectivity index (χ0) is 22.4. The molecule has 168 valence electrons. The molecule has 2 aromatic rings. The van der Waals surface area contributed by atoms with Gasteiger partial charge in [0.1, 0.15) is 5.75 Å². The molecule has 1 saturated heterocycles. The van der Waals surface area contributed by atoms with Crippen molar-refractivity contribution < 1.29 is 22.7 Å². The Morgan fingerprint density at radius 3 is 2.26 bits per heavy atom. The number of sulfonamides is 1. The highest BCUT2D eigenvalue weighted by atomic mass is 32.2. The molecule has 1 fully saturated rings. The number of amides is 1. The normalized spacial score (nSPS) is 20.7. The quantitative estimate of drug-likeness (QED) is 0.674. The average Bonchev–Trinajstić information content (AvgIpc) is 2.74. The number of hydrogen-bond donors (Lipinski definition) is 1. The molecule has 31 heavy (non-hydrogen) atoms. The van der Waals surface area contributed by atoms with Crippen LogP contribution in [0.5, 0.6) is 5.75 Å². The first-order chi connectivity index (χ1) is 14.7. The Kier molecular flexibility index (Phi) is 7.69. The number of nitrogens with one attached hydrogen (secondary N) is 1. The first-order valence-electron chi connectivity index (χ1n) is 10.5. The van der Waals surface area contributed by atoms with Crippen LogP contribution in [0.4, 0.5) is 0 Å². The van der Waals surface area contributed by atoms with Crippen LogP contribution in [0.2, 0.25) is 0 Å². The van der Waals surface area contributed by atoms with Gasteiger partial charge in [-0.2, -0.15) is 4.31 Å². The van der Waals surface area contributed by atoms with E-state index in [0.717, 1.165) is 11.1 Å². The Bertz CT molecular complexity index is 953. The van der Waals surface area contributed by atoms with Gasteiger partial charge in [0.05, 0.1) is 18.0 Å². The molecule has 1 N–H and O–H groups in total. The molecule has 7 nitrogen and oxygen atoms in total. The third kappa shape index (κ3) is 6.53. The van der Waals surface area contributed by atoms with Gasteiger partial charge in [-0.05, 0) is 44.0 Å². The molecular formula is C23H30N2O5S. The first kappa shape index (κ1) is 23.2. The Balaban J connectivity index is 1.47. The van der Waals surface area contributed by atoms with E-state index in [0.29, 0.717) is 18.8 Å². The molecule has 3 rings (SSSR count). The van der Waals surface area contributed by atoms with Gasteiger partial charge in [-0.3, -0.25) is 4.79 Å². The van der Waals surface area contributed by atoms with E-state index in [-0.39, 0.29) is 30.4 Å². The summed E-state index contributed by atoms with van der Waals surface area (Å²) in [7, 11) is -3.46. The predicted molar refractivity (Wildman–Crippen MR) is 120 cm³/mol. The van der Waals surface area contributed by atoms with Crippen molar-refractivity contribution in [3.8, 4) is 16.9 Å². The third-order valence-corrected chi connectivity index (χ3v) is 6.89.